The Morgan fingerprint density at radius 3 is 2.77 bits per heavy atom. The topological polar surface area (TPSA) is 60.0 Å². The number of nitrogens with zero attached hydrogens (tertiary/aromatic N) is 2. The molecule has 0 amide bonds. The summed E-state index contributed by atoms with van der Waals surface area (Å²) in [6.45, 7) is 6.19. The molecular formula is C24H32N2O4. The van der Waals surface area contributed by atoms with Crippen LogP contribution in [0.3, 0.4) is 0 Å². The number of aryl methyl sites for hydroxylation is 1. The Hall–Kier alpha value is -2.38. The lowest BCUT2D eigenvalue weighted by Crippen LogP contribution is -2.37. The van der Waals surface area contributed by atoms with Gasteiger partial charge >= 0.3 is 0 Å². The molecule has 0 aliphatic heterocycles. The predicted octanol–water partition coefficient (Wildman–Crippen LogP) is 3.46. The van der Waals surface area contributed by atoms with Gasteiger partial charge in [0.05, 0.1) is 25.6 Å². The van der Waals surface area contributed by atoms with Crippen molar-refractivity contribution in [2.75, 3.05) is 33.4 Å². The van der Waals surface area contributed by atoms with Crippen molar-refractivity contribution in [3.8, 4) is 0 Å². The van der Waals surface area contributed by atoms with E-state index in [1.165, 1.54) is 16.8 Å². The molecule has 6 nitrogen and oxygen atoms in total. The van der Waals surface area contributed by atoms with Crippen LogP contribution in [0.5, 0.6) is 0 Å². The SMILES string of the molecule is COCCN(Cc1cccn1Cc1ccccc1C)C[C@@H](O)COCc1ccco1. The zero-order chi connectivity index (χ0) is 21.2. The molecule has 0 spiro atoms. The van der Waals surface area contributed by atoms with E-state index in [9.17, 15) is 5.11 Å². The largest absolute Gasteiger partial charge is 0.467 e. The Morgan fingerprint density at radius 2 is 2.00 bits per heavy atom. The Labute approximate surface area is 178 Å². The van der Waals surface area contributed by atoms with Crippen LogP contribution in [0.4, 0.5) is 0 Å². The van der Waals surface area contributed by atoms with Crippen LogP contribution < -0.4 is 0 Å². The van der Waals surface area contributed by atoms with Crippen molar-refractivity contribution in [3.63, 3.8) is 0 Å². The van der Waals surface area contributed by atoms with E-state index in [0.717, 1.165) is 25.4 Å². The minimum Gasteiger partial charge on any atom is -0.467 e. The third-order valence-electron chi connectivity index (χ3n) is 5.13. The summed E-state index contributed by atoms with van der Waals surface area (Å²) in [7, 11) is 1.70. The fourth-order valence-electron chi connectivity index (χ4n) is 3.44. The van der Waals surface area contributed by atoms with Crippen LogP contribution >= 0.6 is 0 Å². The standard InChI is InChI=1S/C24H32N2O4/c1-20-7-3-4-8-21(20)15-26-11-5-9-22(26)16-25(12-14-28-2)17-23(27)18-29-19-24-10-6-13-30-24/h3-11,13,23,27H,12,14-19H2,1-2H3/t23-/m1/s1. The van der Waals surface area contributed by atoms with Crippen LogP contribution in [0.25, 0.3) is 0 Å². The van der Waals surface area contributed by atoms with E-state index in [1.807, 2.05) is 12.1 Å². The van der Waals surface area contributed by atoms with Crippen molar-refractivity contribution in [2.24, 2.45) is 0 Å². The van der Waals surface area contributed by atoms with Crippen LogP contribution in [-0.2, 0) is 29.2 Å². The predicted molar refractivity (Wildman–Crippen MR) is 116 cm³/mol. The second-order valence-electron chi connectivity index (χ2n) is 7.53. The van der Waals surface area contributed by atoms with E-state index in [2.05, 4.69) is 59.0 Å². The van der Waals surface area contributed by atoms with Crippen LogP contribution in [0.15, 0.2) is 65.4 Å². The average molecular weight is 413 g/mol. The molecule has 1 N–H and O–H groups in total. The zero-order valence-electron chi connectivity index (χ0n) is 17.9. The van der Waals surface area contributed by atoms with Gasteiger partial charge in [0.1, 0.15) is 12.4 Å². The quantitative estimate of drug-likeness (QED) is 0.466. The summed E-state index contributed by atoms with van der Waals surface area (Å²) in [5.41, 5.74) is 3.81. The molecule has 1 aromatic carbocycles. The van der Waals surface area contributed by atoms with Crippen LogP contribution in [0.1, 0.15) is 22.6 Å². The van der Waals surface area contributed by atoms with E-state index in [-0.39, 0.29) is 6.61 Å². The lowest BCUT2D eigenvalue weighted by Gasteiger charge is -2.25. The van der Waals surface area contributed by atoms with Gasteiger partial charge in [0.25, 0.3) is 0 Å². The second kappa shape index (κ2) is 11.7. The van der Waals surface area contributed by atoms with Crippen molar-refractivity contribution in [2.45, 2.75) is 32.7 Å². The van der Waals surface area contributed by atoms with Gasteiger partial charge in [-0.05, 0) is 42.3 Å². The lowest BCUT2D eigenvalue weighted by atomic mass is 10.1. The maximum absolute atomic E-state index is 10.5. The van der Waals surface area contributed by atoms with E-state index in [0.29, 0.717) is 19.8 Å². The number of ether oxygens (including phenoxy) is 2. The van der Waals surface area contributed by atoms with Gasteiger partial charge in [-0.15, -0.1) is 0 Å². The highest BCUT2D eigenvalue weighted by atomic mass is 16.5. The maximum atomic E-state index is 10.5. The van der Waals surface area contributed by atoms with Crippen molar-refractivity contribution in [3.05, 3.63) is 83.6 Å². The summed E-state index contributed by atoms with van der Waals surface area (Å²) < 4.78 is 18.4. The average Bonchev–Trinajstić information content (AvgIpc) is 3.40. The minimum absolute atomic E-state index is 0.258. The van der Waals surface area contributed by atoms with Crippen LogP contribution in [0, 0.1) is 6.92 Å². The second-order valence-corrected chi connectivity index (χ2v) is 7.53. The molecule has 0 radical (unpaired) electrons. The number of furan rings is 1. The molecule has 3 rings (SSSR count). The molecule has 0 aliphatic rings. The van der Waals surface area contributed by atoms with E-state index < -0.39 is 6.10 Å². The summed E-state index contributed by atoms with van der Waals surface area (Å²) >= 11 is 0. The number of benzene rings is 1. The van der Waals surface area contributed by atoms with Gasteiger partial charge in [-0.3, -0.25) is 4.90 Å². The number of aromatic nitrogens is 1. The van der Waals surface area contributed by atoms with Gasteiger partial charge in [-0.2, -0.15) is 0 Å². The van der Waals surface area contributed by atoms with Crippen LogP contribution in [0.2, 0.25) is 0 Å². The summed E-state index contributed by atoms with van der Waals surface area (Å²) in [6, 6.07) is 16.4. The summed E-state index contributed by atoms with van der Waals surface area (Å²) in [5.74, 6) is 0.757. The lowest BCUT2D eigenvalue weighted by molar-refractivity contribution is 0.000155. The molecule has 0 fully saturated rings. The first kappa shape index (κ1) is 22.3. The van der Waals surface area contributed by atoms with E-state index >= 15 is 0 Å². The summed E-state index contributed by atoms with van der Waals surface area (Å²) in [5, 5.41) is 10.5. The van der Waals surface area contributed by atoms with Gasteiger partial charge in [-0.1, -0.05) is 24.3 Å². The van der Waals surface area contributed by atoms with E-state index in [4.69, 9.17) is 13.9 Å². The zero-order valence-corrected chi connectivity index (χ0v) is 17.9. The Bertz CT molecular complexity index is 860. The first-order chi connectivity index (χ1) is 14.7. The first-order valence-electron chi connectivity index (χ1n) is 10.3. The highest BCUT2D eigenvalue weighted by Gasteiger charge is 2.15. The Morgan fingerprint density at radius 1 is 1.13 bits per heavy atom. The fraction of sp³-hybridized carbons (Fsp3) is 0.417. The summed E-state index contributed by atoms with van der Waals surface area (Å²) in [4.78, 5) is 2.20. The molecule has 0 unspecified atom stereocenters. The molecule has 1 atom stereocenters. The third-order valence-corrected chi connectivity index (χ3v) is 5.13. The fourth-order valence-corrected chi connectivity index (χ4v) is 3.44. The molecule has 162 valence electrons. The molecule has 2 heterocycles. The van der Waals surface area contributed by atoms with Crippen molar-refractivity contribution < 1.29 is 19.0 Å². The number of methoxy groups -OCH3 is 1. The highest BCUT2D eigenvalue weighted by molar-refractivity contribution is 5.26. The monoisotopic (exact) mass is 412 g/mol. The molecule has 30 heavy (non-hydrogen) atoms. The van der Waals surface area contributed by atoms with Gasteiger partial charge in [0.2, 0.25) is 0 Å². The van der Waals surface area contributed by atoms with Crippen molar-refractivity contribution in [1.82, 2.24) is 9.47 Å². The highest BCUT2D eigenvalue weighted by Crippen LogP contribution is 2.14. The molecule has 2 aromatic heterocycles. The number of aliphatic hydroxyl groups excluding tert-OH is 1. The van der Waals surface area contributed by atoms with Crippen molar-refractivity contribution in [1.29, 1.82) is 0 Å². The first-order valence-corrected chi connectivity index (χ1v) is 10.3. The molecule has 3 aromatic rings. The molecule has 0 saturated carbocycles. The van der Waals surface area contributed by atoms with Gasteiger partial charge in [0.15, 0.2) is 0 Å². The van der Waals surface area contributed by atoms with Gasteiger partial charge in [0, 0.05) is 45.2 Å². The van der Waals surface area contributed by atoms with Crippen molar-refractivity contribution >= 4 is 0 Å². The van der Waals surface area contributed by atoms with Gasteiger partial charge < -0.3 is 23.6 Å². The van der Waals surface area contributed by atoms with E-state index in [1.54, 1.807) is 13.4 Å². The number of aliphatic hydroxyl groups is 1. The smallest absolute Gasteiger partial charge is 0.129 e. The number of hydrogen-bond donors (Lipinski definition) is 1. The molecule has 0 bridgehead atoms. The third kappa shape index (κ3) is 6.85. The maximum Gasteiger partial charge on any atom is 0.129 e. The Balaban J connectivity index is 1.56. The molecule has 0 saturated heterocycles. The van der Waals surface area contributed by atoms with Gasteiger partial charge in [-0.25, -0.2) is 0 Å². The molecular weight excluding hydrogens is 380 g/mol. The Kier molecular flexibility index (Phi) is 8.71. The number of hydrogen-bond acceptors (Lipinski definition) is 5. The number of rotatable bonds is 13. The normalized spacial score (nSPS) is 12.5. The minimum atomic E-state index is -0.586. The molecule has 6 heteroatoms. The molecule has 0 aliphatic carbocycles. The summed E-state index contributed by atoms with van der Waals surface area (Å²) in [6.07, 6.45) is 3.14. The van der Waals surface area contributed by atoms with Crippen LogP contribution in [-0.4, -0.2) is 54.1 Å².